The van der Waals surface area contributed by atoms with E-state index in [1.165, 1.54) is 0 Å². The fourth-order valence-corrected chi connectivity index (χ4v) is 9.77. The predicted molar refractivity (Wildman–Crippen MR) is 128 cm³/mol. The van der Waals surface area contributed by atoms with Gasteiger partial charge in [-0.3, -0.25) is 4.79 Å². The standard InChI is InChI=1S/C26H34O6Si/c1-24(2,3)33(19-13-9-7-10-14-19,20-15-11-8-12-16-20)29-18-26(17-27)22(28-6)21-23(32-26)31-25(4,5)30-21/h7-17,21-23H,18H2,1-6H3/t21-,22+,23+,26-/m1/s1. The highest BCUT2D eigenvalue weighted by molar-refractivity contribution is 6.99. The van der Waals surface area contributed by atoms with Gasteiger partial charge in [-0.15, -0.1) is 0 Å². The number of rotatable bonds is 7. The molecule has 0 N–H and O–H groups in total. The molecule has 0 aliphatic carbocycles. The van der Waals surface area contributed by atoms with Crippen LogP contribution in [0.2, 0.25) is 5.04 Å². The Hall–Kier alpha value is -1.87. The van der Waals surface area contributed by atoms with E-state index < -0.39 is 38.2 Å². The van der Waals surface area contributed by atoms with Gasteiger partial charge in [0.1, 0.15) is 12.2 Å². The fraction of sp³-hybridized carbons (Fsp3) is 0.500. The normalized spacial score (nSPS) is 29.1. The van der Waals surface area contributed by atoms with E-state index in [1.54, 1.807) is 7.11 Å². The monoisotopic (exact) mass is 470 g/mol. The van der Waals surface area contributed by atoms with Gasteiger partial charge in [-0.25, -0.2) is 0 Å². The van der Waals surface area contributed by atoms with Crippen LogP contribution in [0.1, 0.15) is 34.6 Å². The molecular weight excluding hydrogens is 436 g/mol. The maximum Gasteiger partial charge on any atom is 0.261 e. The van der Waals surface area contributed by atoms with Crippen molar-refractivity contribution in [2.45, 2.75) is 69.5 Å². The Labute approximate surface area is 197 Å². The molecule has 2 aliphatic rings. The Morgan fingerprint density at radius 2 is 1.48 bits per heavy atom. The van der Waals surface area contributed by atoms with Crippen molar-refractivity contribution in [2.24, 2.45) is 0 Å². The van der Waals surface area contributed by atoms with Crippen LogP contribution in [0.5, 0.6) is 0 Å². The van der Waals surface area contributed by atoms with Crippen LogP contribution in [0.4, 0.5) is 0 Å². The number of hydrogen-bond donors (Lipinski definition) is 0. The smallest absolute Gasteiger partial charge is 0.261 e. The summed E-state index contributed by atoms with van der Waals surface area (Å²) in [6.45, 7) is 10.3. The minimum absolute atomic E-state index is 0.0302. The molecule has 2 fully saturated rings. The second-order valence-electron chi connectivity index (χ2n) is 10.3. The number of benzene rings is 2. The van der Waals surface area contributed by atoms with Gasteiger partial charge in [-0.05, 0) is 29.3 Å². The van der Waals surface area contributed by atoms with Gasteiger partial charge in [0.2, 0.25) is 0 Å². The Balaban J connectivity index is 1.75. The highest BCUT2D eigenvalue weighted by atomic mass is 28.4. The van der Waals surface area contributed by atoms with Gasteiger partial charge < -0.3 is 23.4 Å². The van der Waals surface area contributed by atoms with Crippen molar-refractivity contribution in [1.29, 1.82) is 0 Å². The number of fused-ring (bicyclic) bond motifs is 1. The Bertz CT molecular complexity index is 918. The van der Waals surface area contributed by atoms with E-state index in [2.05, 4.69) is 45.0 Å². The zero-order valence-corrected chi connectivity index (χ0v) is 21.2. The first-order chi connectivity index (χ1) is 15.6. The zero-order valence-electron chi connectivity index (χ0n) is 20.2. The van der Waals surface area contributed by atoms with E-state index >= 15 is 0 Å². The number of carbonyl (C=O) groups excluding carboxylic acids is 1. The van der Waals surface area contributed by atoms with Crippen LogP contribution in [0.25, 0.3) is 0 Å². The summed E-state index contributed by atoms with van der Waals surface area (Å²) in [5.41, 5.74) is -1.34. The van der Waals surface area contributed by atoms with Crippen molar-refractivity contribution in [3.05, 3.63) is 60.7 Å². The number of carbonyl (C=O) groups is 1. The van der Waals surface area contributed by atoms with Crippen molar-refractivity contribution in [3.63, 3.8) is 0 Å². The summed E-state index contributed by atoms with van der Waals surface area (Å²) in [7, 11) is -1.30. The molecule has 4 atom stereocenters. The van der Waals surface area contributed by atoms with Crippen LogP contribution in [0.3, 0.4) is 0 Å². The average Bonchev–Trinajstić information content (AvgIpc) is 3.22. The summed E-state index contributed by atoms with van der Waals surface area (Å²) < 4.78 is 30.9. The predicted octanol–water partition coefficient (Wildman–Crippen LogP) is 3.02. The molecule has 4 rings (SSSR count). The van der Waals surface area contributed by atoms with Crippen molar-refractivity contribution in [2.75, 3.05) is 13.7 Å². The average molecular weight is 471 g/mol. The first-order valence-electron chi connectivity index (χ1n) is 11.4. The summed E-state index contributed by atoms with van der Waals surface area (Å²) in [6.07, 6.45) is -1.08. The number of aldehydes is 1. The molecular formula is C26H34O6Si. The van der Waals surface area contributed by atoms with Gasteiger partial charge in [0.25, 0.3) is 8.32 Å². The van der Waals surface area contributed by atoms with E-state index in [0.29, 0.717) is 0 Å². The molecule has 0 bridgehead atoms. The van der Waals surface area contributed by atoms with Crippen LogP contribution < -0.4 is 10.4 Å². The summed E-state index contributed by atoms with van der Waals surface area (Å²) in [5.74, 6) is -0.806. The lowest BCUT2D eigenvalue weighted by Crippen LogP contribution is -2.68. The van der Waals surface area contributed by atoms with Crippen LogP contribution >= 0.6 is 0 Å². The molecule has 0 unspecified atom stereocenters. The van der Waals surface area contributed by atoms with Crippen LogP contribution in [-0.2, 0) is 28.2 Å². The molecule has 2 heterocycles. The summed E-state index contributed by atoms with van der Waals surface area (Å²) in [4.78, 5) is 12.5. The molecule has 2 aliphatic heterocycles. The molecule has 0 radical (unpaired) electrons. The van der Waals surface area contributed by atoms with Gasteiger partial charge in [-0.2, -0.15) is 0 Å². The molecule has 7 heteroatoms. The van der Waals surface area contributed by atoms with Gasteiger partial charge in [0.15, 0.2) is 24.0 Å². The Morgan fingerprint density at radius 1 is 0.939 bits per heavy atom. The van der Waals surface area contributed by atoms with Crippen LogP contribution in [-0.4, -0.2) is 58.2 Å². The number of methoxy groups -OCH3 is 1. The van der Waals surface area contributed by atoms with E-state index in [1.807, 2.05) is 50.2 Å². The molecule has 0 amide bonds. The van der Waals surface area contributed by atoms with Gasteiger partial charge >= 0.3 is 0 Å². The molecule has 2 aromatic rings. The first-order valence-corrected chi connectivity index (χ1v) is 13.3. The Kier molecular flexibility index (Phi) is 6.41. The lowest BCUT2D eigenvalue weighted by Gasteiger charge is -2.45. The minimum Gasteiger partial charge on any atom is -0.404 e. The highest BCUT2D eigenvalue weighted by Gasteiger charge is 2.64. The summed E-state index contributed by atoms with van der Waals surface area (Å²) in [6, 6.07) is 20.6. The zero-order chi connectivity index (χ0) is 23.9. The van der Waals surface area contributed by atoms with Crippen molar-refractivity contribution in [3.8, 4) is 0 Å². The summed E-state index contributed by atoms with van der Waals surface area (Å²) in [5, 5.41) is 2.03. The quantitative estimate of drug-likeness (QED) is 0.458. The largest absolute Gasteiger partial charge is 0.404 e. The number of ether oxygens (including phenoxy) is 4. The molecule has 0 saturated carbocycles. The van der Waals surface area contributed by atoms with Crippen molar-refractivity contribution < 1.29 is 28.2 Å². The molecule has 33 heavy (non-hydrogen) atoms. The van der Waals surface area contributed by atoms with Crippen LogP contribution in [0, 0.1) is 0 Å². The van der Waals surface area contributed by atoms with Gasteiger partial charge in [0.05, 0.1) is 6.61 Å². The number of hydrogen-bond acceptors (Lipinski definition) is 6. The van der Waals surface area contributed by atoms with E-state index in [9.17, 15) is 4.79 Å². The third-order valence-electron chi connectivity index (χ3n) is 6.59. The minimum atomic E-state index is -2.86. The maximum absolute atomic E-state index is 12.5. The SMILES string of the molecule is CO[C@H]1[C@H]2OC(C)(C)O[C@H]2O[C@]1(C=O)CO[Si](c1ccccc1)(c1ccccc1)C(C)(C)C. The lowest BCUT2D eigenvalue weighted by atomic mass is 9.98. The molecule has 6 nitrogen and oxygen atoms in total. The third kappa shape index (κ3) is 4.11. The second-order valence-corrected chi connectivity index (χ2v) is 14.6. The highest BCUT2D eigenvalue weighted by Crippen LogP contribution is 2.44. The van der Waals surface area contributed by atoms with Crippen molar-refractivity contribution >= 4 is 25.0 Å². The molecule has 2 saturated heterocycles. The van der Waals surface area contributed by atoms with E-state index in [0.717, 1.165) is 16.7 Å². The maximum atomic E-state index is 12.5. The second kappa shape index (κ2) is 8.72. The van der Waals surface area contributed by atoms with E-state index in [-0.39, 0.29) is 11.6 Å². The molecule has 2 aromatic carbocycles. The van der Waals surface area contributed by atoms with Gasteiger partial charge in [-0.1, -0.05) is 81.4 Å². The van der Waals surface area contributed by atoms with Crippen LogP contribution in [0.15, 0.2) is 60.7 Å². The molecule has 0 aromatic heterocycles. The molecule has 0 spiro atoms. The van der Waals surface area contributed by atoms with Crippen molar-refractivity contribution in [1.82, 2.24) is 0 Å². The third-order valence-corrected chi connectivity index (χ3v) is 11.6. The summed E-state index contributed by atoms with van der Waals surface area (Å²) >= 11 is 0. The molecule has 178 valence electrons. The van der Waals surface area contributed by atoms with E-state index in [4.69, 9.17) is 23.4 Å². The lowest BCUT2D eigenvalue weighted by molar-refractivity contribution is -0.239. The van der Waals surface area contributed by atoms with Gasteiger partial charge in [0, 0.05) is 7.11 Å². The fourth-order valence-electron chi connectivity index (χ4n) is 5.18. The Morgan fingerprint density at radius 3 is 1.94 bits per heavy atom. The topological polar surface area (TPSA) is 63.2 Å². The first kappa shape index (κ1) is 24.3.